The lowest BCUT2D eigenvalue weighted by Crippen LogP contribution is -2.29. The van der Waals surface area contributed by atoms with Crippen LogP contribution in [0.3, 0.4) is 0 Å². The van der Waals surface area contributed by atoms with Gasteiger partial charge in [-0.2, -0.15) is 0 Å². The van der Waals surface area contributed by atoms with Gasteiger partial charge in [-0.15, -0.1) is 0 Å². The van der Waals surface area contributed by atoms with E-state index in [9.17, 15) is 4.79 Å². The van der Waals surface area contributed by atoms with E-state index in [1.54, 1.807) is 0 Å². The SMILES string of the molecule is CN(C)Cc1ccc(NC(=O)CNC2CC2)cc1. The number of anilines is 1. The maximum absolute atomic E-state index is 11.6. The first kappa shape index (κ1) is 13.1. The maximum atomic E-state index is 11.6. The number of nitrogens with zero attached hydrogens (tertiary/aromatic N) is 1. The van der Waals surface area contributed by atoms with E-state index in [1.807, 2.05) is 38.4 Å². The van der Waals surface area contributed by atoms with E-state index in [0.717, 1.165) is 12.2 Å². The molecule has 1 aromatic rings. The molecular weight excluding hydrogens is 226 g/mol. The van der Waals surface area contributed by atoms with Gasteiger partial charge in [0, 0.05) is 18.3 Å². The number of hydrogen-bond acceptors (Lipinski definition) is 3. The second-order valence-electron chi connectivity index (χ2n) is 5.14. The van der Waals surface area contributed by atoms with Crippen LogP contribution in [0.1, 0.15) is 18.4 Å². The van der Waals surface area contributed by atoms with Crippen LogP contribution in [0, 0.1) is 0 Å². The predicted octanol–water partition coefficient (Wildman–Crippen LogP) is 1.44. The molecule has 4 heteroatoms. The third-order valence-electron chi connectivity index (χ3n) is 2.87. The van der Waals surface area contributed by atoms with Gasteiger partial charge < -0.3 is 15.5 Å². The topological polar surface area (TPSA) is 44.4 Å². The average Bonchev–Trinajstić information content (AvgIpc) is 3.12. The number of rotatable bonds is 6. The van der Waals surface area contributed by atoms with Crippen LogP contribution in [-0.4, -0.2) is 37.5 Å². The number of hydrogen-bond donors (Lipinski definition) is 2. The second-order valence-corrected chi connectivity index (χ2v) is 5.14. The smallest absolute Gasteiger partial charge is 0.238 e. The van der Waals surface area contributed by atoms with Gasteiger partial charge >= 0.3 is 0 Å². The summed E-state index contributed by atoms with van der Waals surface area (Å²) in [5.74, 6) is 0.0299. The minimum absolute atomic E-state index is 0.0299. The van der Waals surface area contributed by atoms with Gasteiger partial charge in [0.1, 0.15) is 0 Å². The minimum atomic E-state index is 0.0299. The molecule has 18 heavy (non-hydrogen) atoms. The molecule has 1 aromatic carbocycles. The molecular formula is C14H21N3O. The van der Waals surface area contributed by atoms with E-state index in [1.165, 1.54) is 18.4 Å². The van der Waals surface area contributed by atoms with Crippen molar-refractivity contribution in [3.8, 4) is 0 Å². The molecule has 0 atom stereocenters. The van der Waals surface area contributed by atoms with Crippen molar-refractivity contribution in [2.24, 2.45) is 0 Å². The van der Waals surface area contributed by atoms with Gasteiger partial charge in [0.05, 0.1) is 6.54 Å². The summed E-state index contributed by atoms with van der Waals surface area (Å²) >= 11 is 0. The van der Waals surface area contributed by atoms with Gasteiger partial charge in [0.2, 0.25) is 5.91 Å². The molecule has 0 radical (unpaired) electrons. The summed E-state index contributed by atoms with van der Waals surface area (Å²) in [4.78, 5) is 13.7. The van der Waals surface area contributed by atoms with Crippen LogP contribution in [0.15, 0.2) is 24.3 Å². The molecule has 1 amide bonds. The zero-order valence-electron chi connectivity index (χ0n) is 11.1. The largest absolute Gasteiger partial charge is 0.325 e. The fraction of sp³-hybridized carbons (Fsp3) is 0.500. The van der Waals surface area contributed by atoms with E-state index in [0.29, 0.717) is 12.6 Å². The van der Waals surface area contributed by atoms with E-state index in [-0.39, 0.29) is 5.91 Å². The van der Waals surface area contributed by atoms with Crippen molar-refractivity contribution in [1.29, 1.82) is 0 Å². The average molecular weight is 247 g/mol. The molecule has 0 bridgehead atoms. The Bertz CT molecular complexity index is 396. The highest BCUT2D eigenvalue weighted by Crippen LogP contribution is 2.18. The lowest BCUT2D eigenvalue weighted by atomic mass is 10.2. The Kier molecular flexibility index (Phi) is 4.33. The zero-order valence-corrected chi connectivity index (χ0v) is 11.1. The number of amides is 1. The van der Waals surface area contributed by atoms with Crippen LogP contribution in [0.25, 0.3) is 0 Å². The third-order valence-corrected chi connectivity index (χ3v) is 2.87. The molecule has 98 valence electrons. The predicted molar refractivity (Wildman–Crippen MR) is 73.5 cm³/mol. The molecule has 0 saturated heterocycles. The van der Waals surface area contributed by atoms with Gasteiger partial charge in [0.15, 0.2) is 0 Å². The first-order chi connectivity index (χ1) is 8.63. The Hall–Kier alpha value is -1.39. The first-order valence-electron chi connectivity index (χ1n) is 6.40. The summed E-state index contributed by atoms with van der Waals surface area (Å²) in [5.41, 5.74) is 2.11. The van der Waals surface area contributed by atoms with Gasteiger partial charge in [-0.25, -0.2) is 0 Å². The normalized spacial score (nSPS) is 14.8. The fourth-order valence-corrected chi connectivity index (χ4v) is 1.79. The standard InChI is InChI=1S/C14H21N3O/c1-17(2)10-11-3-5-13(6-4-11)16-14(18)9-15-12-7-8-12/h3-6,12,15H,7-10H2,1-2H3,(H,16,18). The van der Waals surface area contributed by atoms with Gasteiger partial charge in [-0.1, -0.05) is 12.1 Å². The third kappa shape index (κ3) is 4.47. The van der Waals surface area contributed by atoms with Gasteiger partial charge in [-0.05, 0) is 44.6 Å². The van der Waals surface area contributed by atoms with E-state index in [4.69, 9.17) is 0 Å². The number of carbonyl (C=O) groups excluding carboxylic acids is 1. The van der Waals surface area contributed by atoms with Crippen molar-refractivity contribution >= 4 is 11.6 Å². The Morgan fingerprint density at radius 2 is 1.94 bits per heavy atom. The van der Waals surface area contributed by atoms with Crippen LogP contribution < -0.4 is 10.6 Å². The van der Waals surface area contributed by atoms with E-state index < -0.39 is 0 Å². The summed E-state index contributed by atoms with van der Waals surface area (Å²) in [6.45, 7) is 1.32. The van der Waals surface area contributed by atoms with Crippen molar-refractivity contribution in [3.05, 3.63) is 29.8 Å². The van der Waals surface area contributed by atoms with Crippen molar-refractivity contribution in [2.45, 2.75) is 25.4 Å². The Morgan fingerprint density at radius 1 is 1.28 bits per heavy atom. The molecule has 0 unspecified atom stereocenters. The Balaban J connectivity index is 1.79. The van der Waals surface area contributed by atoms with Crippen LogP contribution >= 0.6 is 0 Å². The molecule has 0 aromatic heterocycles. The Morgan fingerprint density at radius 3 is 2.50 bits per heavy atom. The van der Waals surface area contributed by atoms with Crippen LogP contribution in [0.4, 0.5) is 5.69 Å². The van der Waals surface area contributed by atoms with Gasteiger partial charge in [-0.3, -0.25) is 4.79 Å². The van der Waals surface area contributed by atoms with Crippen LogP contribution in [0.5, 0.6) is 0 Å². The van der Waals surface area contributed by atoms with Crippen molar-refractivity contribution < 1.29 is 4.79 Å². The maximum Gasteiger partial charge on any atom is 0.238 e. The van der Waals surface area contributed by atoms with Crippen LogP contribution in [0.2, 0.25) is 0 Å². The van der Waals surface area contributed by atoms with E-state index in [2.05, 4.69) is 15.5 Å². The summed E-state index contributed by atoms with van der Waals surface area (Å²) in [6.07, 6.45) is 2.40. The van der Waals surface area contributed by atoms with Gasteiger partial charge in [0.25, 0.3) is 0 Å². The zero-order chi connectivity index (χ0) is 13.0. The molecule has 1 fully saturated rings. The number of carbonyl (C=O) groups is 1. The van der Waals surface area contributed by atoms with Crippen LogP contribution in [-0.2, 0) is 11.3 Å². The van der Waals surface area contributed by atoms with Crippen molar-refractivity contribution in [3.63, 3.8) is 0 Å². The molecule has 1 aliphatic carbocycles. The van der Waals surface area contributed by atoms with E-state index >= 15 is 0 Å². The highest BCUT2D eigenvalue weighted by Gasteiger charge is 2.20. The highest BCUT2D eigenvalue weighted by molar-refractivity contribution is 5.92. The highest BCUT2D eigenvalue weighted by atomic mass is 16.1. The molecule has 1 saturated carbocycles. The second kappa shape index (κ2) is 5.98. The summed E-state index contributed by atoms with van der Waals surface area (Å²) in [7, 11) is 4.08. The lowest BCUT2D eigenvalue weighted by molar-refractivity contribution is -0.115. The molecule has 0 aliphatic heterocycles. The molecule has 4 nitrogen and oxygen atoms in total. The minimum Gasteiger partial charge on any atom is -0.325 e. The molecule has 2 N–H and O–H groups in total. The van der Waals surface area contributed by atoms with Crippen molar-refractivity contribution in [2.75, 3.05) is 26.0 Å². The summed E-state index contributed by atoms with van der Waals surface area (Å²) in [6, 6.07) is 8.56. The quantitative estimate of drug-likeness (QED) is 0.799. The molecule has 2 rings (SSSR count). The summed E-state index contributed by atoms with van der Waals surface area (Å²) < 4.78 is 0. The summed E-state index contributed by atoms with van der Waals surface area (Å²) in [5, 5.41) is 6.09. The monoisotopic (exact) mass is 247 g/mol. The van der Waals surface area contributed by atoms with Crippen molar-refractivity contribution in [1.82, 2.24) is 10.2 Å². The number of benzene rings is 1. The molecule has 0 heterocycles. The fourth-order valence-electron chi connectivity index (χ4n) is 1.79. The molecule has 0 spiro atoms. The number of nitrogens with one attached hydrogen (secondary N) is 2. The first-order valence-corrected chi connectivity index (χ1v) is 6.40. The lowest BCUT2D eigenvalue weighted by Gasteiger charge is -2.10. The Labute approximate surface area is 108 Å². The molecule has 1 aliphatic rings.